The lowest BCUT2D eigenvalue weighted by atomic mass is 10.2. The van der Waals surface area contributed by atoms with Gasteiger partial charge in [0.25, 0.3) is 0 Å². The van der Waals surface area contributed by atoms with Gasteiger partial charge in [-0.25, -0.2) is 0 Å². The second-order valence-electron chi connectivity index (χ2n) is 4.85. The van der Waals surface area contributed by atoms with Gasteiger partial charge in [0.2, 0.25) is 5.82 Å². The number of thiophene rings is 1. The average molecular weight is 365 g/mol. The Bertz CT molecular complexity index is 709. The Morgan fingerprint density at radius 2 is 2.00 bits per heavy atom. The van der Waals surface area contributed by atoms with Gasteiger partial charge in [-0.15, -0.1) is 26.3 Å². The van der Waals surface area contributed by atoms with Crippen LogP contribution in [0.4, 0.5) is 0 Å². The van der Waals surface area contributed by atoms with Crippen molar-refractivity contribution < 1.29 is 4.90 Å². The third-order valence-electron chi connectivity index (χ3n) is 3.00. The van der Waals surface area contributed by atoms with Crippen LogP contribution in [0, 0.1) is 0 Å². The van der Waals surface area contributed by atoms with Gasteiger partial charge in [-0.1, -0.05) is 30.3 Å². The van der Waals surface area contributed by atoms with Crippen molar-refractivity contribution in [2.24, 2.45) is 0 Å². The van der Waals surface area contributed by atoms with E-state index in [0.717, 1.165) is 15.9 Å². The first-order chi connectivity index (χ1) is 10.2. The van der Waals surface area contributed by atoms with Crippen molar-refractivity contribution in [2.75, 3.05) is 7.05 Å². The third kappa shape index (κ3) is 3.75. The Kier molecular flexibility index (Phi) is 4.42. The monoisotopic (exact) mass is 364 g/mol. The topological polar surface area (TPSA) is 48.0 Å². The predicted molar refractivity (Wildman–Crippen MR) is 85.9 cm³/mol. The van der Waals surface area contributed by atoms with E-state index in [0.29, 0.717) is 12.5 Å². The second-order valence-corrected chi connectivity index (χ2v) is 7.40. The molecule has 3 aromatic rings. The predicted octanol–water partition coefficient (Wildman–Crippen LogP) is 1.84. The molecule has 108 valence electrons. The summed E-state index contributed by atoms with van der Waals surface area (Å²) in [7, 11) is 2.12. The number of tetrazole rings is 1. The summed E-state index contributed by atoms with van der Waals surface area (Å²) in [6.07, 6.45) is 0. The van der Waals surface area contributed by atoms with E-state index in [9.17, 15) is 0 Å². The first-order valence-corrected chi connectivity index (χ1v) is 8.20. The molecule has 0 aliphatic rings. The minimum absolute atomic E-state index is 0.669. The van der Waals surface area contributed by atoms with Crippen molar-refractivity contribution in [1.29, 1.82) is 0 Å². The molecule has 1 aromatic carbocycles. The maximum Gasteiger partial charge on any atom is 0.205 e. The van der Waals surface area contributed by atoms with Crippen molar-refractivity contribution >= 4 is 27.3 Å². The molecular formula is C14H15BrN5S+. The highest BCUT2D eigenvalue weighted by Gasteiger charge is 2.10. The molecule has 0 amide bonds. The third-order valence-corrected chi connectivity index (χ3v) is 4.62. The van der Waals surface area contributed by atoms with Crippen LogP contribution in [0.1, 0.15) is 4.88 Å². The zero-order valence-corrected chi connectivity index (χ0v) is 13.9. The zero-order chi connectivity index (χ0) is 14.7. The van der Waals surface area contributed by atoms with Crippen LogP contribution < -0.4 is 4.90 Å². The number of nitrogens with zero attached hydrogens (tertiary/aromatic N) is 4. The van der Waals surface area contributed by atoms with Crippen molar-refractivity contribution in [3.63, 3.8) is 0 Å². The quantitative estimate of drug-likeness (QED) is 0.751. The molecule has 0 bridgehead atoms. The lowest BCUT2D eigenvalue weighted by Crippen LogP contribution is -3.07. The number of benzene rings is 1. The molecule has 0 aliphatic carbocycles. The Morgan fingerprint density at radius 3 is 2.71 bits per heavy atom. The molecular weight excluding hydrogens is 350 g/mol. The van der Waals surface area contributed by atoms with Gasteiger partial charge in [0.1, 0.15) is 6.54 Å². The van der Waals surface area contributed by atoms with Gasteiger partial charge in [-0.2, -0.15) is 0 Å². The highest BCUT2D eigenvalue weighted by molar-refractivity contribution is 9.11. The summed E-state index contributed by atoms with van der Waals surface area (Å²) in [5, 5.41) is 12.7. The summed E-state index contributed by atoms with van der Waals surface area (Å²) in [4.78, 5) is 4.30. The summed E-state index contributed by atoms with van der Waals surface area (Å²) in [5.41, 5.74) is 0.989. The van der Waals surface area contributed by atoms with E-state index in [1.807, 2.05) is 30.3 Å². The number of halogens is 1. The number of hydrogen-bond donors (Lipinski definition) is 1. The number of quaternary nitrogens is 1. The van der Waals surface area contributed by atoms with Crippen LogP contribution in [0.25, 0.3) is 11.4 Å². The maximum atomic E-state index is 4.44. The largest absolute Gasteiger partial charge is 0.313 e. The van der Waals surface area contributed by atoms with Crippen LogP contribution in [0.15, 0.2) is 46.3 Å². The van der Waals surface area contributed by atoms with E-state index < -0.39 is 0 Å². The van der Waals surface area contributed by atoms with Crippen LogP contribution in [-0.4, -0.2) is 27.3 Å². The summed E-state index contributed by atoms with van der Waals surface area (Å²) in [6, 6.07) is 14.1. The Balaban J connectivity index is 1.64. The smallest absolute Gasteiger partial charge is 0.205 e. The molecule has 1 unspecified atom stereocenters. The molecule has 2 aromatic heterocycles. The fraction of sp³-hybridized carbons (Fsp3) is 0.214. The minimum atomic E-state index is 0.669. The summed E-state index contributed by atoms with van der Waals surface area (Å²) >= 11 is 5.25. The molecule has 1 atom stereocenters. The van der Waals surface area contributed by atoms with Crippen LogP contribution in [0.5, 0.6) is 0 Å². The van der Waals surface area contributed by atoms with Gasteiger partial charge in [0.05, 0.1) is 15.7 Å². The lowest BCUT2D eigenvalue weighted by molar-refractivity contribution is -0.917. The standard InChI is InChI=1S/C14H14BrN5S/c1-19(9-12-7-8-13(15)21-12)10-20-17-14(16-18-20)11-5-3-2-4-6-11/h2-8H,9-10H2,1H3/p+1. The van der Waals surface area contributed by atoms with Crippen molar-refractivity contribution in [3.05, 3.63) is 51.1 Å². The maximum absolute atomic E-state index is 4.44. The van der Waals surface area contributed by atoms with Crippen LogP contribution in [0.3, 0.4) is 0 Å². The summed E-state index contributed by atoms with van der Waals surface area (Å²) in [6.45, 7) is 1.63. The fourth-order valence-corrected chi connectivity index (χ4v) is 3.65. The van der Waals surface area contributed by atoms with Crippen LogP contribution in [0.2, 0.25) is 0 Å². The highest BCUT2D eigenvalue weighted by atomic mass is 79.9. The normalized spacial score (nSPS) is 12.5. The average Bonchev–Trinajstić information content (AvgIpc) is 3.09. The fourth-order valence-electron chi connectivity index (χ4n) is 2.05. The molecule has 0 spiro atoms. The molecule has 3 rings (SSSR count). The van der Waals surface area contributed by atoms with E-state index in [2.05, 4.69) is 50.5 Å². The molecule has 0 saturated heterocycles. The van der Waals surface area contributed by atoms with Gasteiger partial charge in [0.15, 0.2) is 6.67 Å². The Labute approximate surface area is 135 Å². The highest BCUT2D eigenvalue weighted by Crippen LogP contribution is 2.21. The first-order valence-electron chi connectivity index (χ1n) is 6.59. The number of nitrogens with one attached hydrogen (secondary N) is 1. The van der Waals surface area contributed by atoms with Gasteiger partial charge in [0, 0.05) is 5.56 Å². The second kappa shape index (κ2) is 6.46. The molecule has 5 nitrogen and oxygen atoms in total. The van der Waals surface area contributed by atoms with Crippen molar-refractivity contribution in [3.8, 4) is 11.4 Å². The molecule has 21 heavy (non-hydrogen) atoms. The van der Waals surface area contributed by atoms with Crippen LogP contribution in [-0.2, 0) is 13.2 Å². The van der Waals surface area contributed by atoms with Crippen molar-refractivity contribution in [2.45, 2.75) is 13.2 Å². The van der Waals surface area contributed by atoms with Crippen molar-refractivity contribution in [1.82, 2.24) is 20.2 Å². The Hall–Kier alpha value is -1.57. The molecule has 0 radical (unpaired) electrons. The molecule has 2 heterocycles. The molecule has 1 N–H and O–H groups in total. The number of rotatable bonds is 5. The van der Waals surface area contributed by atoms with Gasteiger partial charge < -0.3 is 4.90 Å². The van der Waals surface area contributed by atoms with E-state index in [-0.39, 0.29) is 0 Å². The number of hydrogen-bond acceptors (Lipinski definition) is 4. The van der Waals surface area contributed by atoms with E-state index in [1.54, 1.807) is 16.1 Å². The van der Waals surface area contributed by atoms with Gasteiger partial charge in [-0.3, -0.25) is 0 Å². The molecule has 0 aliphatic heterocycles. The summed E-state index contributed by atoms with van der Waals surface area (Å²) < 4.78 is 1.16. The van der Waals surface area contributed by atoms with Gasteiger partial charge >= 0.3 is 0 Å². The SMILES string of the molecule is C[NH+](Cc1ccc(Br)s1)Cn1nnc(-c2ccccc2)n1. The Morgan fingerprint density at radius 1 is 1.19 bits per heavy atom. The first kappa shape index (κ1) is 14.4. The zero-order valence-electron chi connectivity index (χ0n) is 11.5. The van der Waals surface area contributed by atoms with E-state index in [1.165, 1.54) is 9.78 Å². The van der Waals surface area contributed by atoms with Crippen LogP contribution >= 0.6 is 27.3 Å². The molecule has 0 fully saturated rings. The molecule has 0 saturated carbocycles. The molecule has 7 heteroatoms. The minimum Gasteiger partial charge on any atom is -0.313 e. The lowest BCUT2D eigenvalue weighted by Gasteiger charge is -2.11. The van der Waals surface area contributed by atoms with Gasteiger partial charge in [-0.05, 0) is 33.3 Å². The van der Waals surface area contributed by atoms with E-state index in [4.69, 9.17) is 0 Å². The summed E-state index contributed by atoms with van der Waals surface area (Å²) in [5.74, 6) is 0.669. The number of aromatic nitrogens is 4. The van der Waals surface area contributed by atoms with E-state index >= 15 is 0 Å².